The Kier molecular flexibility index (Phi) is 3.64. The molecule has 14 heavy (non-hydrogen) atoms. The third kappa shape index (κ3) is 3.88. The van der Waals surface area contributed by atoms with Crippen molar-refractivity contribution in [2.75, 3.05) is 0 Å². The number of rotatable bonds is 4. The second-order valence-corrected chi connectivity index (χ2v) is 4.88. The van der Waals surface area contributed by atoms with Crippen LogP contribution in [0.4, 0.5) is 0 Å². The Morgan fingerprint density at radius 2 is 1.93 bits per heavy atom. The number of pyridine rings is 1. The summed E-state index contributed by atoms with van der Waals surface area (Å²) >= 11 is 0. The summed E-state index contributed by atoms with van der Waals surface area (Å²) in [6, 6.07) is 4.41. The Labute approximate surface area is 86.5 Å². The standard InChI is InChI=1S/C12H20N2/c1-10(13)8-12(2,3)9-11-4-6-14-7-5-11/h4-7,10H,8-9,13H2,1-3H3. The first-order valence-corrected chi connectivity index (χ1v) is 5.14. The molecule has 0 aliphatic rings. The van der Waals surface area contributed by atoms with Gasteiger partial charge >= 0.3 is 0 Å². The summed E-state index contributed by atoms with van der Waals surface area (Å²) < 4.78 is 0. The molecule has 1 unspecified atom stereocenters. The van der Waals surface area contributed by atoms with Crippen LogP contribution in [0.2, 0.25) is 0 Å². The van der Waals surface area contributed by atoms with Gasteiger partial charge < -0.3 is 5.73 Å². The summed E-state index contributed by atoms with van der Waals surface area (Å²) in [4.78, 5) is 4.01. The lowest BCUT2D eigenvalue weighted by Gasteiger charge is -2.26. The number of hydrogen-bond donors (Lipinski definition) is 1. The first-order valence-electron chi connectivity index (χ1n) is 5.14. The lowest BCUT2D eigenvalue weighted by molar-refractivity contribution is 0.309. The van der Waals surface area contributed by atoms with Crippen LogP contribution in [0.1, 0.15) is 32.8 Å². The van der Waals surface area contributed by atoms with E-state index < -0.39 is 0 Å². The average molecular weight is 192 g/mol. The van der Waals surface area contributed by atoms with Crippen molar-refractivity contribution >= 4 is 0 Å². The van der Waals surface area contributed by atoms with Crippen molar-refractivity contribution in [3.05, 3.63) is 30.1 Å². The monoisotopic (exact) mass is 192 g/mol. The summed E-state index contributed by atoms with van der Waals surface area (Å²) in [5, 5.41) is 0. The van der Waals surface area contributed by atoms with E-state index in [1.165, 1.54) is 5.56 Å². The molecule has 1 aromatic heterocycles. The van der Waals surface area contributed by atoms with Crippen molar-refractivity contribution < 1.29 is 0 Å². The molecular formula is C12H20N2. The fourth-order valence-electron chi connectivity index (χ4n) is 2.00. The van der Waals surface area contributed by atoms with Gasteiger partial charge in [0.05, 0.1) is 0 Å². The summed E-state index contributed by atoms with van der Waals surface area (Å²) in [5.74, 6) is 0. The molecule has 0 saturated heterocycles. The van der Waals surface area contributed by atoms with E-state index in [1.807, 2.05) is 12.4 Å². The number of nitrogens with two attached hydrogens (primary N) is 1. The van der Waals surface area contributed by atoms with Crippen LogP contribution < -0.4 is 5.73 Å². The molecule has 0 bridgehead atoms. The fourth-order valence-corrected chi connectivity index (χ4v) is 2.00. The maximum absolute atomic E-state index is 5.82. The minimum absolute atomic E-state index is 0.270. The second-order valence-electron chi connectivity index (χ2n) is 4.88. The van der Waals surface area contributed by atoms with Gasteiger partial charge in [-0.05, 0) is 42.9 Å². The maximum Gasteiger partial charge on any atom is 0.0270 e. The van der Waals surface area contributed by atoms with Crippen LogP contribution >= 0.6 is 0 Å². The first-order chi connectivity index (χ1) is 6.49. The molecule has 1 rings (SSSR count). The molecule has 0 spiro atoms. The van der Waals surface area contributed by atoms with E-state index in [0.717, 1.165) is 12.8 Å². The van der Waals surface area contributed by atoms with Gasteiger partial charge in [0, 0.05) is 18.4 Å². The van der Waals surface area contributed by atoms with Crippen molar-refractivity contribution in [3.63, 3.8) is 0 Å². The quantitative estimate of drug-likeness (QED) is 0.795. The lowest BCUT2D eigenvalue weighted by atomic mass is 9.81. The fraction of sp³-hybridized carbons (Fsp3) is 0.583. The molecule has 2 heteroatoms. The van der Waals surface area contributed by atoms with Gasteiger partial charge in [0.2, 0.25) is 0 Å². The SMILES string of the molecule is CC(N)CC(C)(C)Cc1ccncc1. The normalized spacial score (nSPS) is 14.0. The molecule has 0 amide bonds. The Morgan fingerprint density at radius 3 is 2.43 bits per heavy atom. The van der Waals surface area contributed by atoms with Crippen LogP contribution in [0.15, 0.2) is 24.5 Å². The zero-order chi connectivity index (χ0) is 10.6. The van der Waals surface area contributed by atoms with Gasteiger partial charge in [0.1, 0.15) is 0 Å². The highest BCUT2D eigenvalue weighted by atomic mass is 14.6. The molecule has 1 atom stereocenters. The zero-order valence-corrected chi connectivity index (χ0v) is 9.33. The Bertz CT molecular complexity index is 265. The van der Waals surface area contributed by atoms with E-state index in [1.54, 1.807) is 0 Å². The van der Waals surface area contributed by atoms with Gasteiger partial charge in [-0.25, -0.2) is 0 Å². The van der Waals surface area contributed by atoms with Gasteiger partial charge in [0.25, 0.3) is 0 Å². The Balaban J connectivity index is 2.59. The number of hydrogen-bond acceptors (Lipinski definition) is 2. The van der Waals surface area contributed by atoms with E-state index in [9.17, 15) is 0 Å². The van der Waals surface area contributed by atoms with Gasteiger partial charge in [-0.15, -0.1) is 0 Å². The zero-order valence-electron chi connectivity index (χ0n) is 9.33. The largest absolute Gasteiger partial charge is 0.328 e. The van der Waals surface area contributed by atoms with Crippen molar-refractivity contribution in [2.24, 2.45) is 11.1 Å². The minimum atomic E-state index is 0.270. The molecule has 0 saturated carbocycles. The van der Waals surface area contributed by atoms with Crippen LogP contribution in [-0.2, 0) is 6.42 Å². The van der Waals surface area contributed by atoms with Crippen molar-refractivity contribution in [2.45, 2.75) is 39.7 Å². The van der Waals surface area contributed by atoms with Crippen LogP contribution in [0, 0.1) is 5.41 Å². The number of aromatic nitrogens is 1. The third-order valence-corrected chi connectivity index (χ3v) is 2.31. The molecule has 2 nitrogen and oxygen atoms in total. The molecule has 78 valence electrons. The van der Waals surface area contributed by atoms with Gasteiger partial charge in [-0.1, -0.05) is 13.8 Å². The highest BCUT2D eigenvalue weighted by Crippen LogP contribution is 2.26. The second kappa shape index (κ2) is 4.56. The topological polar surface area (TPSA) is 38.9 Å². The molecule has 0 radical (unpaired) electrons. The van der Waals surface area contributed by atoms with Gasteiger partial charge in [-0.2, -0.15) is 0 Å². The van der Waals surface area contributed by atoms with Crippen LogP contribution in [0.25, 0.3) is 0 Å². The Morgan fingerprint density at radius 1 is 1.36 bits per heavy atom. The van der Waals surface area contributed by atoms with Crippen LogP contribution in [0.3, 0.4) is 0 Å². The number of nitrogens with zero attached hydrogens (tertiary/aromatic N) is 1. The molecule has 2 N–H and O–H groups in total. The lowest BCUT2D eigenvalue weighted by Crippen LogP contribution is -2.26. The summed E-state index contributed by atoms with van der Waals surface area (Å²) in [6.45, 7) is 6.59. The Hall–Kier alpha value is -0.890. The molecule has 0 aliphatic carbocycles. The molecule has 1 aromatic rings. The molecular weight excluding hydrogens is 172 g/mol. The van der Waals surface area contributed by atoms with Crippen LogP contribution in [-0.4, -0.2) is 11.0 Å². The van der Waals surface area contributed by atoms with E-state index in [2.05, 4.69) is 37.9 Å². The van der Waals surface area contributed by atoms with E-state index >= 15 is 0 Å². The van der Waals surface area contributed by atoms with Gasteiger partial charge in [-0.3, -0.25) is 4.98 Å². The summed E-state index contributed by atoms with van der Waals surface area (Å²) in [7, 11) is 0. The average Bonchev–Trinajstić information content (AvgIpc) is 2.02. The molecule has 1 heterocycles. The van der Waals surface area contributed by atoms with Crippen molar-refractivity contribution in [3.8, 4) is 0 Å². The molecule has 0 aliphatic heterocycles. The predicted octanol–water partition coefficient (Wildman–Crippen LogP) is 2.39. The van der Waals surface area contributed by atoms with Crippen molar-refractivity contribution in [1.82, 2.24) is 4.98 Å². The smallest absolute Gasteiger partial charge is 0.0270 e. The van der Waals surface area contributed by atoms with Crippen molar-refractivity contribution in [1.29, 1.82) is 0 Å². The predicted molar refractivity (Wildman–Crippen MR) is 60.0 cm³/mol. The van der Waals surface area contributed by atoms with E-state index in [0.29, 0.717) is 0 Å². The third-order valence-electron chi connectivity index (χ3n) is 2.31. The van der Waals surface area contributed by atoms with E-state index in [4.69, 9.17) is 5.73 Å². The van der Waals surface area contributed by atoms with Gasteiger partial charge in [0.15, 0.2) is 0 Å². The maximum atomic E-state index is 5.82. The molecule has 0 fully saturated rings. The first kappa shape index (κ1) is 11.2. The highest BCUT2D eigenvalue weighted by Gasteiger charge is 2.19. The minimum Gasteiger partial charge on any atom is -0.328 e. The summed E-state index contributed by atoms with van der Waals surface area (Å²) in [6.07, 6.45) is 5.81. The van der Waals surface area contributed by atoms with Crippen LogP contribution in [0.5, 0.6) is 0 Å². The summed E-state index contributed by atoms with van der Waals surface area (Å²) in [5.41, 5.74) is 7.43. The highest BCUT2D eigenvalue weighted by molar-refractivity contribution is 5.11. The van der Waals surface area contributed by atoms with E-state index in [-0.39, 0.29) is 11.5 Å². The molecule has 0 aromatic carbocycles.